The van der Waals surface area contributed by atoms with Gasteiger partial charge in [-0.2, -0.15) is 11.8 Å². The number of thioether (sulfide) groups is 1. The van der Waals surface area contributed by atoms with Crippen molar-refractivity contribution in [3.05, 3.63) is 34.9 Å². The van der Waals surface area contributed by atoms with Crippen LogP contribution in [0, 0.1) is 13.8 Å². The fourth-order valence-corrected chi connectivity index (χ4v) is 2.14. The molecule has 0 aliphatic rings. The number of hydrogen-bond acceptors (Lipinski definition) is 2. The minimum Gasteiger partial charge on any atom is -0.396 e. The van der Waals surface area contributed by atoms with Crippen molar-refractivity contribution in [3.8, 4) is 0 Å². The number of aliphatic hydroxyl groups excluding tert-OH is 1. The van der Waals surface area contributed by atoms with Crippen LogP contribution in [-0.2, 0) is 5.75 Å². The molecular weight excluding hydrogens is 192 g/mol. The summed E-state index contributed by atoms with van der Waals surface area (Å²) >= 11 is 1.89. The summed E-state index contributed by atoms with van der Waals surface area (Å²) in [4.78, 5) is 0. The molecule has 1 nitrogen and oxygen atoms in total. The molecule has 14 heavy (non-hydrogen) atoms. The summed E-state index contributed by atoms with van der Waals surface area (Å²) in [7, 11) is 0. The highest BCUT2D eigenvalue weighted by Crippen LogP contribution is 2.16. The van der Waals surface area contributed by atoms with Gasteiger partial charge in [0.15, 0.2) is 0 Å². The van der Waals surface area contributed by atoms with Gasteiger partial charge in [-0.05, 0) is 42.7 Å². The number of rotatable bonds is 5. The van der Waals surface area contributed by atoms with E-state index in [4.69, 9.17) is 5.11 Å². The maximum Gasteiger partial charge on any atom is 0.0438 e. The lowest BCUT2D eigenvalue weighted by Gasteiger charge is -2.04. The normalized spacial score (nSPS) is 10.5. The molecule has 1 aromatic carbocycles. The SMILES string of the molecule is Cc1ccc(CSCCCO)cc1C. The van der Waals surface area contributed by atoms with Crippen LogP contribution in [-0.4, -0.2) is 17.5 Å². The molecule has 1 rings (SSSR count). The van der Waals surface area contributed by atoms with E-state index in [9.17, 15) is 0 Å². The Labute approximate surface area is 90.5 Å². The van der Waals surface area contributed by atoms with E-state index in [0.717, 1.165) is 17.9 Å². The quantitative estimate of drug-likeness (QED) is 0.754. The van der Waals surface area contributed by atoms with E-state index in [-0.39, 0.29) is 0 Å². The summed E-state index contributed by atoms with van der Waals surface area (Å²) in [6.45, 7) is 4.59. The topological polar surface area (TPSA) is 20.2 Å². The monoisotopic (exact) mass is 210 g/mol. The van der Waals surface area contributed by atoms with Gasteiger partial charge in [-0.15, -0.1) is 0 Å². The highest BCUT2D eigenvalue weighted by molar-refractivity contribution is 7.98. The Morgan fingerprint density at radius 3 is 2.64 bits per heavy atom. The summed E-state index contributed by atoms with van der Waals surface area (Å²) in [6.07, 6.45) is 0.898. The zero-order valence-corrected chi connectivity index (χ0v) is 9.73. The molecule has 2 heteroatoms. The van der Waals surface area contributed by atoms with E-state index in [1.54, 1.807) is 0 Å². The molecule has 78 valence electrons. The first-order valence-corrected chi connectivity index (χ1v) is 6.14. The van der Waals surface area contributed by atoms with Gasteiger partial charge in [-0.25, -0.2) is 0 Å². The first-order valence-electron chi connectivity index (χ1n) is 4.99. The van der Waals surface area contributed by atoms with E-state index in [1.807, 2.05) is 11.8 Å². The second-order valence-electron chi connectivity index (χ2n) is 3.55. The number of benzene rings is 1. The van der Waals surface area contributed by atoms with Crippen LogP contribution >= 0.6 is 11.8 Å². The Bertz CT molecular complexity index is 284. The lowest BCUT2D eigenvalue weighted by molar-refractivity contribution is 0.296. The second-order valence-corrected chi connectivity index (χ2v) is 4.65. The Hall–Kier alpha value is -0.470. The molecule has 0 amide bonds. The zero-order chi connectivity index (χ0) is 10.4. The molecule has 0 spiro atoms. The first kappa shape index (κ1) is 11.6. The van der Waals surface area contributed by atoms with Crippen molar-refractivity contribution in [1.82, 2.24) is 0 Å². The van der Waals surface area contributed by atoms with Gasteiger partial charge in [0.2, 0.25) is 0 Å². The Kier molecular flexibility index (Phi) is 5.05. The third-order valence-corrected chi connectivity index (χ3v) is 3.40. The van der Waals surface area contributed by atoms with Crippen LogP contribution < -0.4 is 0 Å². The molecule has 0 aliphatic carbocycles. The summed E-state index contributed by atoms with van der Waals surface area (Å²) in [6, 6.07) is 6.62. The number of aryl methyl sites for hydroxylation is 2. The highest BCUT2D eigenvalue weighted by Gasteiger charge is 1.96. The third-order valence-electron chi connectivity index (χ3n) is 2.29. The van der Waals surface area contributed by atoms with Crippen LogP contribution in [0.25, 0.3) is 0 Å². The molecular formula is C12H18OS. The summed E-state index contributed by atoms with van der Waals surface area (Å²) in [5.41, 5.74) is 4.11. The Morgan fingerprint density at radius 1 is 1.21 bits per heavy atom. The Balaban J connectivity index is 2.39. The molecule has 0 heterocycles. The van der Waals surface area contributed by atoms with Crippen LogP contribution in [0.5, 0.6) is 0 Å². The van der Waals surface area contributed by atoms with Gasteiger partial charge in [0, 0.05) is 12.4 Å². The highest BCUT2D eigenvalue weighted by atomic mass is 32.2. The molecule has 0 atom stereocenters. The van der Waals surface area contributed by atoms with Gasteiger partial charge in [-0.3, -0.25) is 0 Å². The molecule has 0 bridgehead atoms. The molecule has 1 N–H and O–H groups in total. The van der Waals surface area contributed by atoms with Crippen molar-refractivity contribution >= 4 is 11.8 Å². The largest absolute Gasteiger partial charge is 0.396 e. The van der Waals surface area contributed by atoms with Gasteiger partial charge < -0.3 is 5.11 Å². The minimum absolute atomic E-state index is 0.305. The van der Waals surface area contributed by atoms with E-state index >= 15 is 0 Å². The maximum absolute atomic E-state index is 8.63. The van der Waals surface area contributed by atoms with Crippen molar-refractivity contribution in [2.75, 3.05) is 12.4 Å². The summed E-state index contributed by atoms with van der Waals surface area (Å²) < 4.78 is 0. The van der Waals surface area contributed by atoms with E-state index in [1.165, 1.54) is 16.7 Å². The molecule has 1 aromatic rings. The first-order chi connectivity index (χ1) is 6.74. The molecule has 0 radical (unpaired) electrons. The fourth-order valence-electron chi connectivity index (χ4n) is 1.25. The molecule has 0 aliphatic heterocycles. The Morgan fingerprint density at radius 2 is 2.00 bits per heavy atom. The van der Waals surface area contributed by atoms with Crippen LogP contribution in [0.3, 0.4) is 0 Å². The van der Waals surface area contributed by atoms with Crippen molar-refractivity contribution in [2.45, 2.75) is 26.0 Å². The molecule has 0 unspecified atom stereocenters. The van der Waals surface area contributed by atoms with E-state index < -0.39 is 0 Å². The van der Waals surface area contributed by atoms with E-state index in [0.29, 0.717) is 6.61 Å². The summed E-state index contributed by atoms with van der Waals surface area (Å²) in [5.74, 6) is 2.10. The summed E-state index contributed by atoms with van der Waals surface area (Å²) in [5, 5.41) is 8.63. The predicted molar refractivity (Wildman–Crippen MR) is 63.8 cm³/mol. The maximum atomic E-state index is 8.63. The molecule has 0 saturated carbocycles. The van der Waals surface area contributed by atoms with Crippen molar-refractivity contribution < 1.29 is 5.11 Å². The lowest BCUT2D eigenvalue weighted by atomic mass is 10.1. The average molecular weight is 210 g/mol. The number of aliphatic hydroxyl groups is 1. The standard InChI is InChI=1S/C12H18OS/c1-10-4-5-12(8-11(10)2)9-14-7-3-6-13/h4-5,8,13H,3,6-7,9H2,1-2H3. The van der Waals surface area contributed by atoms with Gasteiger partial charge in [-0.1, -0.05) is 18.2 Å². The van der Waals surface area contributed by atoms with Gasteiger partial charge in [0.1, 0.15) is 0 Å². The predicted octanol–water partition coefficient (Wildman–Crippen LogP) is 2.92. The zero-order valence-electron chi connectivity index (χ0n) is 8.92. The van der Waals surface area contributed by atoms with Crippen LogP contribution in [0.1, 0.15) is 23.1 Å². The number of hydrogen-bond donors (Lipinski definition) is 1. The van der Waals surface area contributed by atoms with Gasteiger partial charge in [0.25, 0.3) is 0 Å². The molecule has 0 fully saturated rings. The van der Waals surface area contributed by atoms with Crippen molar-refractivity contribution in [1.29, 1.82) is 0 Å². The third kappa shape index (κ3) is 3.72. The lowest BCUT2D eigenvalue weighted by Crippen LogP contribution is -1.89. The second kappa shape index (κ2) is 6.10. The van der Waals surface area contributed by atoms with Crippen molar-refractivity contribution in [3.63, 3.8) is 0 Å². The van der Waals surface area contributed by atoms with Crippen LogP contribution in [0.2, 0.25) is 0 Å². The molecule has 0 aromatic heterocycles. The van der Waals surface area contributed by atoms with Crippen LogP contribution in [0.4, 0.5) is 0 Å². The smallest absolute Gasteiger partial charge is 0.0438 e. The fraction of sp³-hybridized carbons (Fsp3) is 0.500. The van der Waals surface area contributed by atoms with Gasteiger partial charge in [0.05, 0.1) is 0 Å². The minimum atomic E-state index is 0.305. The average Bonchev–Trinajstić information content (AvgIpc) is 2.18. The van der Waals surface area contributed by atoms with Gasteiger partial charge >= 0.3 is 0 Å². The van der Waals surface area contributed by atoms with Crippen LogP contribution in [0.15, 0.2) is 18.2 Å². The van der Waals surface area contributed by atoms with Crippen molar-refractivity contribution in [2.24, 2.45) is 0 Å². The molecule has 0 saturated heterocycles. The van der Waals surface area contributed by atoms with E-state index in [2.05, 4.69) is 32.0 Å².